The average Bonchev–Trinajstić information content (AvgIpc) is 2.48. The highest BCUT2D eigenvalue weighted by Gasteiger charge is 2.30. The number of para-hydroxylation sites is 1. The molecular weight excluding hydrogens is 240 g/mol. The maximum atomic E-state index is 5.74. The highest BCUT2D eigenvalue weighted by molar-refractivity contribution is 5.94. The fraction of sp³-hybridized carbons (Fsp3) is 0.533. The van der Waals surface area contributed by atoms with Crippen LogP contribution >= 0.6 is 0 Å². The third kappa shape index (κ3) is 2.45. The van der Waals surface area contributed by atoms with E-state index in [1.54, 1.807) is 0 Å². The molecule has 1 fully saturated rings. The predicted octanol–water partition coefficient (Wildman–Crippen LogP) is 2.58. The van der Waals surface area contributed by atoms with Gasteiger partial charge in [0.1, 0.15) is 0 Å². The molecule has 1 aromatic carbocycles. The Morgan fingerprint density at radius 3 is 2.89 bits per heavy atom. The van der Waals surface area contributed by atoms with E-state index in [-0.39, 0.29) is 0 Å². The number of hydrogen-bond donors (Lipinski definition) is 0. The number of amidine groups is 1. The summed E-state index contributed by atoms with van der Waals surface area (Å²) >= 11 is 0. The van der Waals surface area contributed by atoms with E-state index in [0.717, 1.165) is 32.1 Å². The van der Waals surface area contributed by atoms with E-state index >= 15 is 0 Å². The van der Waals surface area contributed by atoms with Crippen LogP contribution in [0.2, 0.25) is 0 Å². The molecule has 4 heteroatoms. The number of aliphatic imine (C=N–C) groups is 1. The summed E-state index contributed by atoms with van der Waals surface area (Å²) in [7, 11) is 0. The predicted molar refractivity (Wildman–Crippen MR) is 75.5 cm³/mol. The molecule has 2 heterocycles. The maximum absolute atomic E-state index is 5.74. The van der Waals surface area contributed by atoms with Gasteiger partial charge in [-0.3, -0.25) is 4.90 Å². The van der Waals surface area contributed by atoms with E-state index in [4.69, 9.17) is 9.47 Å². The number of fused-ring (bicyclic) bond motifs is 1. The normalized spacial score (nSPS) is 19.8. The second kappa shape index (κ2) is 5.61. The number of anilines is 1. The minimum absolute atomic E-state index is 0.431. The van der Waals surface area contributed by atoms with Gasteiger partial charge in [-0.1, -0.05) is 18.2 Å². The standard InChI is InChI=1S/C15H20N2O2/c1-2-19-15-16-11-12-5-3-4-6-14(12)17(15)13-7-9-18-10-8-13/h3-6,13H,2,7-11H2,1H3. The Morgan fingerprint density at radius 1 is 1.32 bits per heavy atom. The maximum Gasteiger partial charge on any atom is 0.292 e. The summed E-state index contributed by atoms with van der Waals surface area (Å²) in [5, 5.41) is 0. The highest BCUT2D eigenvalue weighted by Crippen LogP contribution is 2.30. The molecule has 1 aromatic rings. The van der Waals surface area contributed by atoms with Crippen LogP contribution in [-0.2, 0) is 16.0 Å². The summed E-state index contributed by atoms with van der Waals surface area (Å²) in [5.41, 5.74) is 2.52. The fourth-order valence-electron chi connectivity index (χ4n) is 2.75. The summed E-state index contributed by atoms with van der Waals surface area (Å²) in [6.07, 6.45) is 2.06. The molecule has 0 spiro atoms. The largest absolute Gasteiger partial charge is 0.465 e. The molecule has 0 amide bonds. The van der Waals surface area contributed by atoms with E-state index < -0.39 is 0 Å². The molecule has 0 aliphatic carbocycles. The monoisotopic (exact) mass is 260 g/mol. The van der Waals surface area contributed by atoms with Gasteiger partial charge in [-0.15, -0.1) is 0 Å². The number of rotatable bonds is 2. The van der Waals surface area contributed by atoms with Crippen LogP contribution in [-0.4, -0.2) is 31.9 Å². The summed E-state index contributed by atoms with van der Waals surface area (Å²) in [6.45, 7) is 5.02. The molecule has 2 aliphatic rings. The number of nitrogens with zero attached hydrogens (tertiary/aromatic N) is 2. The molecule has 0 aromatic heterocycles. The highest BCUT2D eigenvalue weighted by atomic mass is 16.5. The van der Waals surface area contributed by atoms with Gasteiger partial charge in [0.15, 0.2) is 0 Å². The Morgan fingerprint density at radius 2 is 2.11 bits per heavy atom. The van der Waals surface area contributed by atoms with Crippen molar-refractivity contribution in [1.82, 2.24) is 0 Å². The first-order valence-corrected chi connectivity index (χ1v) is 7.02. The Bertz CT molecular complexity index is 467. The van der Waals surface area contributed by atoms with Gasteiger partial charge in [0.25, 0.3) is 6.02 Å². The summed E-state index contributed by atoms with van der Waals surface area (Å²) in [5.74, 6) is 0. The first-order valence-electron chi connectivity index (χ1n) is 7.02. The molecule has 0 saturated carbocycles. The van der Waals surface area contributed by atoms with Crippen molar-refractivity contribution in [1.29, 1.82) is 0 Å². The molecule has 19 heavy (non-hydrogen) atoms. The Labute approximate surface area is 114 Å². The second-order valence-electron chi connectivity index (χ2n) is 4.87. The zero-order valence-electron chi connectivity index (χ0n) is 11.3. The molecule has 4 nitrogen and oxygen atoms in total. The fourth-order valence-corrected chi connectivity index (χ4v) is 2.75. The number of benzene rings is 1. The third-order valence-corrected chi connectivity index (χ3v) is 3.67. The smallest absolute Gasteiger partial charge is 0.292 e. The van der Waals surface area contributed by atoms with E-state index in [2.05, 4.69) is 34.2 Å². The molecule has 1 saturated heterocycles. The van der Waals surface area contributed by atoms with Crippen LogP contribution in [0.25, 0.3) is 0 Å². The summed E-state index contributed by atoms with van der Waals surface area (Å²) in [4.78, 5) is 6.87. The SMILES string of the molecule is CCOC1=NCc2ccccc2N1C1CCOCC1. The van der Waals surface area contributed by atoms with E-state index in [1.165, 1.54) is 11.3 Å². The number of hydrogen-bond acceptors (Lipinski definition) is 4. The van der Waals surface area contributed by atoms with Gasteiger partial charge in [0.2, 0.25) is 0 Å². The van der Waals surface area contributed by atoms with Crippen LogP contribution < -0.4 is 4.90 Å². The number of ether oxygens (including phenoxy) is 2. The van der Waals surface area contributed by atoms with Crippen molar-refractivity contribution < 1.29 is 9.47 Å². The van der Waals surface area contributed by atoms with Gasteiger partial charge >= 0.3 is 0 Å². The Hall–Kier alpha value is -1.55. The van der Waals surface area contributed by atoms with Gasteiger partial charge in [0, 0.05) is 19.3 Å². The van der Waals surface area contributed by atoms with E-state index in [9.17, 15) is 0 Å². The Kier molecular flexibility index (Phi) is 3.69. The summed E-state index contributed by atoms with van der Waals surface area (Å²) in [6, 6.07) is 9.67. The van der Waals surface area contributed by atoms with Crippen molar-refractivity contribution in [2.45, 2.75) is 32.4 Å². The van der Waals surface area contributed by atoms with Crippen molar-refractivity contribution in [2.75, 3.05) is 24.7 Å². The Balaban J connectivity index is 1.93. The van der Waals surface area contributed by atoms with E-state index in [1.807, 2.05) is 6.92 Å². The minimum Gasteiger partial charge on any atom is -0.465 e. The van der Waals surface area contributed by atoms with Gasteiger partial charge < -0.3 is 9.47 Å². The van der Waals surface area contributed by atoms with Crippen LogP contribution in [0.3, 0.4) is 0 Å². The average molecular weight is 260 g/mol. The first-order chi connectivity index (χ1) is 9.40. The first kappa shape index (κ1) is 12.5. The summed E-state index contributed by atoms with van der Waals surface area (Å²) < 4.78 is 11.2. The van der Waals surface area contributed by atoms with Crippen molar-refractivity contribution in [3.8, 4) is 0 Å². The van der Waals surface area contributed by atoms with Crippen molar-refractivity contribution in [2.24, 2.45) is 4.99 Å². The molecule has 0 N–H and O–H groups in total. The van der Waals surface area contributed by atoms with Crippen LogP contribution in [0, 0.1) is 0 Å². The van der Waals surface area contributed by atoms with Crippen LogP contribution in [0.5, 0.6) is 0 Å². The minimum atomic E-state index is 0.431. The van der Waals surface area contributed by atoms with Crippen molar-refractivity contribution >= 4 is 11.7 Å². The molecule has 2 aliphatic heterocycles. The quantitative estimate of drug-likeness (QED) is 0.819. The van der Waals surface area contributed by atoms with Crippen LogP contribution in [0.4, 0.5) is 5.69 Å². The molecule has 0 radical (unpaired) electrons. The lowest BCUT2D eigenvalue weighted by molar-refractivity contribution is 0.0857. The molecule has 0 atom stereocenters. The lowest BCUT2D eigenvalue weighted by Gasteiger charge is -2.38. The topological polar surface area (TPSA) is 34.1 Å². The van der Waals surface area contributed by atoms with Gasteiger partial charge in [0.05, 0.1) is 18.8 Å². The zero-order chi connectivity index (χ0) is 13.1. The molecule has 102 valence electrons. The third-order valence-electron chi connectivity index (χ3n) is 3.67. The van der Waals surface area contributed by atoms with E-state index in [0.29, 0.717) is 19.2 Å². The van der Waals surface area contributed by atoms with Gasteiger partial charge in [-0.2, -0.15) is 0 Å². The van der Waals surface area contributed by atoms with Crippen LogP contribution in [0.15, 0.2) is 29.3 Å². The van der Waals surface area contributed by atoms with Crippen molar-refractivity contribution in [3.05, 3.63) is 29.8 Å². The van der Waals surface area contributed by atoms with Crippen molar-refractivity contribution in [3.63, 3.8) is 0 Å². The van der Waals surface area contributed by atoms with Gasteiger partial charge in [-0.05, 0) is 31.4 Å². The zero-order valence-corrected chi connectivity index (χ0v) is 11.3. The molecule has 0 unspecified atom stereocenters. The second-order valence-corrected chi connectivity index (χ2v) is 4.87. The lowest BCUT2D eigenvalue weighted by Crippen LogP contribution is -2.46. The molecular formula is C15H20N2O2. The molecule has 3 rings (SSSR count). The lowest BCUT2D eigenvalue weighted by atomic mass is 10.0. The van der Waals surface area contributed by atoms with Crippen LogP contribution in [0.1, 0.15) is 25.3 Å². The van der Waals surface area contributed by atoms with Gasteiger partial charge in [-0.25, -0.2) is 4.99 Å². The molecule has 0 bridgehead atoms.